The van der Waals surface area contributed by atoms with Gasteiger partial charge in [0.1, 0.15) is 35.9 Å². The molecule has 1 aliphatic rings. The molecule has 0 aliphatic carbocycles. The van der Waals surface area contributed by atoms with E-state index in [2.05, 4.69) is 5.32 Å². The van der Waals surface area contributed by atoms with Crippen LogP contribution in [0.15, 0.2) is 46.9 Å². The Morgan fingerprint density at radius 2 is 2.03 bits per heavy atom. The lowest BCUT2D eigenvalue weighted by molar-refractivity contribution is 0.0897. The lowest BCUT2D eigenvalue weighted by atomic mass is 9.99. The fourth-order valence-corrected chi connectivity index (χ4v) is 3.55. The van der Waals surface area contributed by atoms with Gasteiger partial charge in [0.2, 0.25) is 0 Å². The van der Waals surface area contributed by atoms with Gasteiger partial charge in [-0.1, -0.05) is 6.07 Å². The summed E-state index contributed by atoms with van der Waals surface area (Å²) in [5.74, 6) is 0.229. The molecule has 0 saturated carbocycles. The van der Waals surface area contributed by atoms with Crippen LogP contribution in [-0.4, -0.2) is 25.7 Å². The van der Waals surface area contributed by atoms with Crippen molar-refractivity contribution < 1.29 is 27.5 Å². The van der Waals surface area contributed by atoms with E-state index in [4.69, 9.17) is 13.9 Å². The minimum atomic E-state index is -0.389. The van der Waals surface area contributed by atoms with Crippen molar-refractivity contribution in [2.45, 2.75) is 26.1 Å². The van der Waals surface area contributed by atoms with Crippen molar-refractivity contribution in [1.29, 1.82) is 0 Å². The van der Waals surface area contributed by atoms with Crippen LogP contribution >= 0.6 is 0 Å². The SMILES string of the molecule is COCc1ccc(C(=O)NCC2Cc3cc(F)cc(-c4ccc(F)c(C)c4)c3O2)o1. The van der Waals surface area contributed by atoms with Gasteiger partial charge in [-0.25, -0.2) is 8.78 Å². The van der Waals surface area contributed by atoms with Gasteiger partial charge < -0.3 is 19.2 Å². The molecule has 1 unspecified atom stereocenters. The first kappa shape index (κ1) is 20.1. The summed E-state index contributed by atoms with van der Waals surface area (Å²) in [6, 6.07) is 10.7. The molecular formula is C23H21F2NO4. The molecule has 1 amide bonds. The second kappa shape index (κ2) is 8.28. The maximum atomic E-state index is 14.2. The van der Waals surface area contributed by atoms with Crippen LogP contribution < -0.4 is 10.1 Å². The van der Waals surface area contributed by atoms with E-state index in [1.165, 1.54) is 18.2 Å². The van der Waals surface area contributed by atoms with Crippen molar-refractivity contribution in [3.8, 4) is 16.9 Å². The Balaban J connectivity index is 1.47. The van der Waals surface area contributed by atoms with Gasteiger partial charge in [-0.3, -0.25) is 4.79 Å². The number of carbonyl (C=O) groups excluding carboxylic acids is 1. The third-order valence-electron chi connectivity index (χ3n) is 4.99. The average molecular weight is 413 g/mol. The van der Waals surface area contributed by atoms with Crippen LogP contribution in [0.1, 0.15) is 27.4 Å². The molecule has 3 aromatic rings. The predicted octanol–water partition coefficient (Wildman–Crippen LogP) is 4.41. The molecule has 1 aliphatic heterocycles. The molecule has 0 spiro atoms. The first-order chi connectivity index (χ1) is 14.4. The number of hydrogen-bond acceptors (Lipinski definition) is 4. The third kappa shape index (κ3) is 4.07. The molecule has 156 valence electrons. The zero-order chi connectivity index (χ0) is 21.3. The number of rotatable bonds is 6. The summed E-state index contributed by atoms with van der Waals surface area (Å²) in [6.07, 6.45) is 0.104. The van der Waals surface area contributed by atoms with Crippen molar-refractivity contribution in [3.63, 3.8) is 0 Å². The number of fused-ring (bicyclic) bond motifs is 1. The molecule has 0 radical (unpaired) electrons. The van der Waals surface area contributed by atoms with Gasteiger partial charge in [-0.15, -0.1) is 0 Å². The highest BCUT2D eigenvalue weighted by atomic mass is 19.1. The second-order valence-corrected chi connectivity index (χ2v) is 7.26. The van der Waals surface area contributed by atoms with Crippen LogP contribution in [0.5, 0.6) is 5.75 Å². The smallest absolute Gasteiger partial charge is 0.287 e. The summed E-state index contributed by atoms with van der Waals surface area (Å²) in [4.78, 5) is 12.3. The topological polar surface area (TPSA) is 60.7 Å². The number of amides is 1. The summed E-state index contributed by atoms with van der Waals surface area (Å²) in [7, 11) is 1.54. The monoisotopic (exact) mass is 413 g/mol. The van der Waals surface area contributed by atoms with Crippen LogP contribution in [0.2, 0.25) is 0 Å². The van der Waals surface area contributed by atoms with Gasteiger partial charge >= 0.3 is 0 Å². The van der Waals surface area contributed by atoms with Crippen LogP contribution in [0.4, 0.5) is 8.78 Å². The van der Waals surface area contributed by atoms with Gasteiger partial charge in [-0.2, -0.15) is 0 Å². The number of methoxy groups -OCH3 is 1. The number of hydrogen-bond donors (Lipinski definition) is 1. The Morgan fingerprint density at radius 3 is 2.80 bits per heavy atom. The molecule has 5 nitrogen and oxygen atoms in total. The van der Waals surface area contributed by atoms with Gasteiger partial charge in [0.15, 0.2) is 5.76 Å². The lowest BCUT2D eigenvalue weighted by Gasteiger charge is -2.14. The summed E-state index contributed by atoms with van der Waals surface area (Å²) in [6.45, 7) is 2.17. The predicted molar refractivity (Wildman–Crippen MR) is 106 cm³/mol. The average Bonchev–Trinajstić information content (AvgIpc) is 3.35. The van der Waals surface area contributed by atoms with E-state index in [1.54, 1.807) is 38.3 Å². The molecule has 0 saturated heterocycles. The van der Waals surface area contributed by atoms with Crippen molar-refractivity contribution in [2.24, 2.45) is 0 Å². The van der Waals surface area contributed by atoms with Crippen LogP contribution in [0.3, 0.4) is 0 Å². The molecule has 7 heteroatoms. The maximum Gasteiger partial charge on any atom is 0.287 e. The third-order valence-corrected chi connectivity index (χ3v) is 4.99. The van der Waals surface area contributed by atoms with Gasteiger partial charge in [0.25, 0.3) is 5.91 Å². The highest BCUT2D eigenvalue weighted by Crippen LogP contribution is 2.40. The summed E-state index contributed by atoms with van der Waals surface area (Å²) >= 11 is 0. The van der Waals surface area contributed by atoms with Gasteiger partial charge in [0.05, 0.1) is 6.54 Å². The molecule has 1 N–H and O–H groups in total. The lowest BCUT2D eigenvalue weighted by Crippen LogP contribution is -2.34. The molecule has 0 fully saturated rings. The standard InChI is InChI=1S/C23H21F2NO4/c1-13-7-14(3-5-20(13)25)19-10-16(24)8-15-9-18(30-22(15)19)11-26-23(27)21-6-4-17(29-21)12-28-2/h3-8,10,18H,9,11-12H2,1-2H3,(H,26,27). The highest BCUT2D eigenvalue weighted by Gasteiger charge is 2.28. The summed E-state index contributed by atoms with van der Waals surface area (Å²) < 4.78 is 44.2. The Hall–Kier alpha value is -3.19. The fraction of sp³-hybridized carbons (Fsp3) is 0.261. The first-order valence-corrected chi connectivity index (χ1v) is 9.56. The number of benzene rings is 2. The van der Waals surface area contributed by atoms with Crippen molar-refractivity contribution in [1.82, 2.24) is 5.32 Å². The number of carbonyl (C=O) groups is 1. The number of nitrogens with one attached hydrogen (secondary N) is 1. The van der Waals surface area contributed by atoms with E-state index in [0.717, 1.165) is 0 Å². The van der Waals surface area contributed by atoms with E-state index in [-0.39, 0.29) is 42.6 Å². The number of ether oxygens (including phenoxy) is 2. The van der Waals surface area contributed by atoms with Crippen molar-refractivity contribution in [2.75, 3.05) is 13.7 Å². The normalized spacial score (nSPS) is 15.0. The van der Waals surface area contributed by atoms with Crippen LogP contribution in [0, 0.1) is 18.6 Å². The van der Waals surface area contributed by atoms with E-state index in [9.17, 15) is 13.6 Å². The number of aryl methyl sites for hydroxylation is 1. The van der Waals surface area contributed by atoms with Crippen LogP contribution in [-0.2, 0) is 17.8 Å². The van der Waals surface area contributed by atoms with E-state index in [1.807, 2.05) is 0 Å². The highest BCUT2D eigenvalue weighted by molar-refractivity contribution is 5.91. The molecule has 1 aromatic heterocycles. The molecule has 0 bridgehead atoms. The Morgan fingerprint density at radius 1 is 1.20 bits per heavy atom. The summed E-state index contributed by atoms with van der Waals surface area (Å²) in [5, 5.41) is 2.78. The van der Waals surface area contributed by atoms with E-state index in [0.29, 0.717) is 40.2 Å². The maximum absolute atomic E-state index is 14.2. The molecule has 2 heterocycles. The van der Waals surface area contributed by atoms with Gasteiger partial charge in [0, 0.05) is 24.7 Å². The van der Waals surface area contributed by atoms with E-state index >= 15 is 0 Å². The molecule has 4 rings (SSSR count). The van der Waals surface area contributed by atoms with Crippen molar-refractivity contribution in [3.05, 3.63) is 76.7 Å². The Kier molecular flexibility index (Phi) is 5.55. The second-order valence-electron chi connectivity index (χ2n) is 7.26. The quantitative estimate of drug-likeness (QED) is 0.650. The fourth-order valence-electron chi connectivity index (χ4n) is 3.55. The van der Waals surface area contributed by atoms with Gasteiger partial charge in [-0.05, 0) is 54.4 Å². The molecule has 2 aromatic carbocycles. The molecule has 1 atom stereocenters. The molecule has 30 heavy (non-hydrogen) atoms. The zero-order valence-corrected chi connectivity index (χ0v) is 16.6. The first-order valence-electron chi connectivity index (χ1n) is 9.56. The zero-order valence-electron chi connectivity index (χ0n) is 16.6. The minimum Gasteiger partial charge on any atom is -0.487 e. The number of furan rings is 1. The van der Waals surface area contributed by atoms with Crippen molar-refractivity contribution >= 4 is 5.91 Å². The molecular weight excluding hydrogens is 392 g/mol. The van der Waals surface area contributed by atoms with Crippen LogP contribution in [0.25, 0.3) is 11.1 Å². The number of halogens is 2. The Labute approximate surface area is 172 Å². The van der Waals surface area contributed by atoms with E-state index < -0.39 is 0 Å². The minimum absolute atomic E-state index is 0.186. The largest absolute Gasteiger partial charge is 0.487 e. The summed E-state index contributed by atoms with van der Waals surface area (Å²) in [5.41, 5.74) is 2.43. The Bertz CT molecular complexity index is 1090.